The molecule has 7 heteroatoms. The summed E-state index contributed by atoms with van der Waals surface area (Å²) in [6.07, 6.45) is 1.55. The van der Waals surface area contributed by atoms with Crippen LogP contribution < -0.4 is 4.74 Å². The summed E-state index contributed by atoms with van der Waals surface area (Å²) in [4.78, 5) is 31.9. The number of hydrogen-bond acceptors (Lipinski definition) is 4. The number of likely N-dealkylation sites (tertiary alicyclic amines) is 1. The van der Waals surface area contributed by atoms with Gasteiger partial charge in [-0.15, -0.1) is 0 Å². The number of carbonyl (C=O) groups is 2. The molecular weight excluding hydrogens is 315 g/mol. The highest BCUT2D eigenvalue weighted by Crippen LogP contribution is 2.36. The zero-order valence-corrected chi connectivity index (χ0v) is 13.9. The van der Waals surface area contributed by atoms with Crippen molar-refractivity contribution in [2.24, 2.45) is 0 Å². The van der Waals surface area contributed by atoms with Gasteiger partial charge in [0.05, 0.1) is 13.5 Å². The number of methoxy groups -OCH3 is 1. The molecule has 0 radical (unpaired) electrons. The van der Waals surface area contributed by atoms with E-state index in [0.29, 0.717) is 44.5 Å². The molecule has 24 heavy (non-hydrogen) atoms. The molecule has 2 aliphatic heterocycles. The van der Waals surface area contributed by atoms with E-state index in [9.17, 15) is 14.0 Å². The Hall–Kier alpha value is -2.15. The highest BCUT2D eigenvalue weighted by Gasteiger charge is 2.47. The molecule has 0 N–H and O–H groups in total. The van der Waals surface area contributed by atoms with E-state index in [-0.39, 0.29) is 17.6 Å². The Bertz CT molecular complexity index is 656. The molecule has 1 spiro atoms. The van der Waals surface area contributed by atoms with Crippen molar-refractivity contribution in [2.75, 3.05) is 26.7 Å². The minimum Gasteiger partial charge on any atom is -0.494 e. The summed E-state index contributed by atoms with van der Waals surface area (Å²) in [7, 11) is 1.38. The van der Waals surface area contributed by atoms with E-state index in [1.165, 1.54) is 24.3 Å². The summed E-state index contributed by atoms with van der Waals surface area (Å²) in [6, 6.07) is 4.20. The van der Waals surface area contributed by atoms with Gasteiger partial charge in [-0.25, -0.2) is 9.45 Å². The third kappa shape index (κ3) is 2.96. The summed E-state index contributed by atoms with van der Waals surface area (Å²) < 4.78 is 18.7. The summed E-state index contributed by atoms with van der Waals surface area (Å²) in [6.45, 7) is 3.36. The zero-order chi connectivity index (χ0) is 17.3. The Morgan fingerprint density at radius 1 is 1.38 bits per heavy atom. The van der Waals surface area contributed by atoms with Gasteiger partial charge in [0.15, 0.2) is 11.6 Å². The molecule has 0 bridgehead atoms. The zero-order valence-electron chi connectivity index (χ0n) is 13.9. The molecule has 2 heterocycles. The van der Waals surface area contributed by atoms with Crippen molar-refractivity contribution >= 4 is 11.8 Å². The van der Waals surface area contributed by atoms with Crippen molar-refractivity contribution in [3.63, 3.8) is 0 Å². The van der Waals surface area contributed by atoms with Gasteiger partial charge < -0.3 is 9.64 Å². The Morgan fingerprint density at radius 2 is 2.08 bits per heavy atom. The van der Waals surface area contributed by atoms with Gasteiger partial charge in [0.25, 0.3) is 5.91 Å². The fourth-order valence-corrected chi connectivity index (χ4v) is 3.29. The van der Waals surface area contributed by atoms with Gasteiger partial charge in [0.1, 0.15) is 5.60 Å². The molecule has 3 rings (SSSR count). The first-order valence-electron chi connectivity index (χ1n) is 8.10. The third-order valence-corrected chi connectivity index (χ3v) is 4.70. The number of rotatable bonds is 3. The molecule has 2 fully saturated rings. The quantitative estimate of drug-likeness (QED) is 0.847. The number of halogens is 1. The minimum absolute atomic E-state index is 0.00509. The van der Waals surface area contributed by atoms with Gasteiger partial charge in [0.2, 0.25) is 5.91 Å². The summed E-state index contributed by atoms with van der Waals surface area (Å²) in [5.41, 5.74) is -0.197. The largest absolute Gasteiger partial charge is 0.494 e. The molecule has 2 aliphatic rings. The van der Waals surface area contributed by atoms with Crippen LogP contribution >= 0.6 is 0 Å². The molecule has 130 valence electrons. The predicted molar refractivity (Wildman–Crippen MR) is 83.9 cm³/mol. The Kier molecular flexibility index (Phi) is 4.45. The van der Waals surface area contributed by atoms with Gasteiger partial charge in [-0.1, -0.05) is 0 Å². The average Bonchev–Trinajstić information content (AvgIpc) is 2.90. The molecular formula is C17H21FN2O4. The minimum atomic E-state index is -0.555. The maximum atomic E-state index is 13.8. The van der Waals surface area contributed by atoms with Crippen LogP contribution in [-0.2, 0) is 9.63 Å². The van der Waals surface area contributed by atoms with Crippen LogP contribution in [0.1, 0.15) is 36.5 Å². The van der Waals surface area contributed by atoms with Crippen molar-refractivity contribution in [3.05, 3.63) is 29.6 Å². The van der Waals surface area contributed by atoms with E-state index in [2.05, 4.69) is 0 Å². The molecule has 0 aliphatic carbocycles. The first-order valence-corrected chi connectivity index (χ1v) is 8.10. The standard InChI is InChI=1S/C17H21FN2O4/c1-3-20-15(21)11-17(24-20)6-8-19(9-7-17)16(22)12-4-5-14(23-2)13(18)10-12/h4-5,10H,3,6-9,11H2,1-2H3. The molecule has 0 aromatic heterocycles. The number of piperidine rings is 1. The first-order chi connectivity index (χ1) is 11.5. The van der Waals surface area contributed by atoms with Crippen LogP contribution in [0.25, 0.3) is 0 Å². The number of hydrogen-bond donors (Lipinski definition) is 0. The highest BCUT2D eigenvalue weighted by atomic mass is 19.1. The molecule has 1 aromatic carbocycles. The molecule has 2 amide bonds. The molecule has 0 atom stereocenters. The van der Waals surface area contributed by atoms with Gasteiger partial charge in [-0.3, -0.25) is 14.4 Å². The van der Waals surface area contributed by atoms with E-state index >= 15 is 0 Å². The summed E-state index contributed by atoms with van der Waals surface area (Å²) >= 11 is 0. The van der Waals surface area contributed by atoms with Crippen LogP contribution in [0.2, 0.25) is 0 Å². The topological polar surface area (TPSA) is 59.1 Å². The summed E-state index contributed by atoms with van der Waals surface area (Å²) in [5, 5.41) is 1.40. The SMILES string of the molecule is CCN1OC2(CCN(C(=O)c3ccc(OC)c(F)c3)CC2)CC1=O. The van der Waals surface area contributed by atoms with E-state index in [1.54, 1.807) is 11.0 Å². The van der Waals surface area contributed by atoms with Crippen LogP contribution in [0.5, 0.6) is 5.75 Å². The van der Waals surface area contributed by atoms with Crippen molar-refractivity contribution < 1.29 is 23.6 Å². The second-order valence-electron chi connectivity index (χ2n) is 6.18. The molecule has 1 aromatic rings. The number of hydroxylamine groups is 2. The lowest BCUT2D eigenvalue weighted by Gasteiger charge is -2.37. The number of nitrogens with zero attached hydrogens (tertiary/aromatic N) is 2. The van der Waals surface area contributed by atoms with Crippen molar-refractivity contribution in [3.8, 4) is 5.75 Å². The maximum Gasteiger partial charge on any atom is 0.253 e. The number of amides is 2. The van der Waals surface area contributed by atoms with Gasteiger partial charge in [-0.05, 0) is 38.0 Å². The monoisotopic (exact) mass is 336 g/mol. The Balaban J connectivity index is 1.65. The lowest BCUT2D eigenvalue weighted by Crippen LogP contribution is -2.47. The number of ether oxygens (including phenoxy) is 1. The lowest BCUT2D eigenvalue weighted by molar-refractivity contribution is -0.206. The normalized spacial score (nSPS) is 19.9. The van der Waals surface area contributed by atoms with Crippen LogP contribution in [0.4, 0.5) is 4.39 Å². The second-order valence-corrected chi connectivity index (χ2v) is 6.18. The summed E-state index contributed by atoms with van der Waals surface area (Å²) in [5.74, 6) is -0.667. The van der Waals surface area contributed by atoms with Gasteiger partial charge in [0, 0.05) is 25.2 Å². The smallest absolute Gasteiger partial charge is 0.253 e. The number of benzene rings is 1. The average molecular weight is 336 g/mol. The van der Waals surface area contributed by atoms with Crippen molar-refractivity contribution in [1.29, 1.82) is 0 Å². The van der Waals surface area contributed by atoms with E-state index in [0.717, 1.165) is 0 Å². The fourth-order valence-electron chi connectivity index (χ4n) is 3.29. The van der Waals surface area contributed by atoms with Crippen LogP contribution in [-0.4, -0.2) is 54.1 Å². The fraction of sp³-hybridized carbons (Fsp3) is 0.529. The number of carbonyl (C=O) groups excluding carboxylic acids is 2. The molecule has 0 unspecified atom stereocenters. The van der Waals surface area contributed by atoms with Gasteiger partial charge >= 0.3 is 0 Å². The Labute approximate surface area is 140 Å². The maximum absolute atomic E-state index is 13.8. The highest BCUT2D eigenvalue weighted by molar-refractivity contribution is 5.94. The lowest BCUT2D eigenvalue weighted by atomic mass is 9.88. The third-order valence-electron chi connectivity index (χ3n) is 4.70. The Morgan fingerprint density at radius 3 is 2.62 bits per heavy atom. The molecule has 2 saturated heterocycles. The van der Waals surface area contributed by atoms with Crippen LogP contribution in [0.15, 0.2) is 18.2 Å². The predicted octanol–water partition coefficient (Wildman–Crippen LogP) is 1.99. The molecule has 6 nitrogen and oxygen atoms in total. The van der Waals surface area contributed by atoms with Crippen molar-refractivity contribution in [1.82, 2.24) is 9.96 Å². The van der Waals surface area contributed by atoms with E-state index in [1.807, 2.05) is 6.92 Å². The van der Waals surface area contributed by atoms with Crippen LogP contribution in [0.3, 0.4) is 0 Å². The van der Waals surface area contributed by atoms with Gasteiger partial charge in [-0.2, -0.15) is 0 Å². The first kappa shape index (κ1) is 16.7. The van der Waals surface area contributed by atoms with Crippen molar-refractivity contribution in [2.45, 2.75) is 31.8 Å². The molecule has 0 saturated carbocycles. The van der Waals surface area contributed by atoms with E-state index in [4.69, 9.17) is 9.57 Å². The van der Waals surface area contributed by atoms with E-state index < -0.39 is 11.4 Å². The van der Waals surface area contributed by atoms with Crippen LogP contribution in [0, 0.1) is 5.82 Å². The second kappa shape index (κ2) is 6.39.